The first-order valence-corrected chi connectivity index (χ1v) is 10.7. The van der Waals surface area contributed by atoms with Crippen LogP contribution in [0.3, 0.4) is 0 Å². The number of carbonyl (C=O) groups is 1. The Morgan fingerprint density at radius 3 is 2.40 bits per heavy atom. The van der Waals surface area contributed by atoms with Crippen molar-refractivity contribution in [2.45, 2.75) is 38.8 Å². The average Bonchev–Trinajstić information content (AvgIpc) is 3.33. The minimum Gasteiger partial charge on any atom is -0.361 e. The van der Waals surface area contributed by atoms with Crippen molar-refractivity contribution in [1.82, 2.24) is 19.0 Å². The van der Waals surface area contributed by atoms with Gasteiger partial charge in [0.2, 0.25) is 5.91 Å². The van der Waals surface area contributed by atoms with Crippen LogP contribution in [-0.4, -0.2) is 38.0 Å². The highest BCUT2D eigenvalue weighted by Gasteiger charge is 2.26. The van der Waals surface area contributed by atoms with E-state index in [4.69, 9.17) is 0 Å². The van der Waals surface area contributed by atoms with Crippen molar-refractivity contribution in [2.24, 2.45) is 0 Å². The fraction of sp³-hybridized carbons (Fsp3) is 0.333. The smallest absolute Gasteiger partial charge is 0.329 e. The Bertz CT molecular complexity index is 1270. The maximum atomic E-state index is 13.0. The number of nitrogens with zero attached hydrogens (tertiary/aromatic N) is 3. The highest BCUT2D eigenvalue weighted by atomic mass is 16.2. The summed E-state index contributed by atoms with van der Waals surface area (Å²) in [6.07, 6.45) is 4.00. The number of H-pyrrole nitrogens is 1. The number of aromatic nitrogens is 3. The molecule has 6 heteroatoms. The SMILES string of the molecule is CCn1c(=O)n(CC(=O)N2CCC(c3c[nH]c4ccccc34)CC2)c2ccccc21. The van der Waals surface area contributed by atoms with E-state index in [2.05, 4.69) is 29.4 Å². The number of benzene rings is 2. The number of para-hydroxylation sites is 3. The average molecular weight is 402 g/mol. The second kappa shape index (κ2) is 7.52. The van der Waals surface area contributed by atoms with Crippen molar-refractivity contribution in [2.75, 3.05) is 13.1 Å². The maximum Gasteiger partial charge on any atom is 0.329 e. The molecule has 30 heavy (non-hydrogen) atoms. The van der Waals surface area contributed by atoms with Gasteiger partial charge >= 0.3 is 5.69 Å². The summed E-state index contributed by atoms with van der Waals surface area (Å²) in [7, 11) is 0. The molecular weight excluding hydrogens is 376 g/mol. The van der Waals surface area contributed by atoms with E-state index in [-0.39, 0.29) is 18.1 Å². The first-order valence-electron chi connectivity index (χ1n) is 10.7. The van der Waals surface area contributed by atoms with Gasteiger partial charge in [0.15, 0.2) is 0 Å². The Morgan fingerprint density at radius 1 is 1.00 bits per heavy atom. The van der Waals surface area contributed by atoms with Crippen molar-refractivity contribution < 1.29 is 4.79 Å². The fourth-order valence-electron chi connectivity index (χ4n) is 4.84. The predicted molar refractivity (Wildman–Crippen MR) is 119 cm³/mol. The normalized spacial score (nSPS) is 15.3. The van der Waals surface area contributed by atoms with Gasteiger partial charge in [-0.05, 0) is 49.4 Å². The van der Waals surface area contributed by atoms with E-state index in [0.717, 1.165) is 42.5 Å². The van der Waals surface area contributed by atoms with Gasteiger partial charge in [0.05, 0.1) is 11.0 Å². The molecule has 0 spiro atoms. The molecule has 1 fully saturated rings. The lowest BCUT2D eigenvalue weighted by molar-refractivity contribution is -0.132. The molecule has 2 aromatic heterocycles. The Kier molecular flexibility index (Phi) is 4.69. The zero-order valence-corrected chi connectivity index (χ0v) is 17.2. The molecule has 4 aromatic rings. The van der Waals surface area contributed by atoms with Crippen LogP contribution < -0.4 is 5.69 Å². The van der Waals surface area contributed by atoms with Gasteiger partial charge in [0.25, 0.3) is 0 Å². The largest absolute Gasteiger partial charge is 0.361 e. The summed E-state index contributed by atoms with van der Waals surface area (Å²) in [5.74, 6) is 0.475. The van der Waals surface area contributed by atoms with E-state index in [0.29, 0.717) is 12.5 Å². The van der Waals surface area contributed by atoms with Crippen molar-refractivity contribution in [3.8, 4) is 0 Å². The molecule has 154 valence electrons. The van der Waals surface area contributed by atoms with E-state index in [9.17, 15) is 9.59 Å². The van der Waals surface area contributed by atoms with Crippen LogP contribution in [0, 0.1) is 0 Å². The third kappa shape index (κ3) is 3.03. The maximum absolute atomic E-state index is 13.0. The Labute approximate surface area is 174 Å². The Balaban J connectivity index is 1.32. The minimum atomic E-state index is -0.110. The summed E-state index contributed by atoms with van der Waals surface area (Å²) in [6.45, 7) is 4.10. The Hall–Kier alpha value is -3.28. The number of piperidine rings is 1. The second-order valence-electron chi connectivity index (χ2n) is 8.05. The summed E-state index contributed by atoms with van der Waals surface area (Å²) in [5, 5.41) is 1.28. The fourth-order valence-corrected chi connectivity index (χ4v) is 4.84. The van der Waals surface area contributed by atoms with Crippen LogP contribution in [0.5, 0.6) is 0 Å². The van der Waals surface area contributed by atoms with E-state index < -0.39 is 0 Å². The number of hydrogen-bond donors (Lipinski definition) is 1. The van der Waals surface area contributed by atoms with Crippen LogP contribution in [0.4, 0.5) is 0 Å². The molecule has 0 radical (unpaired) electrons. The van der Waals surface area contributed by atoms with Crippen molar-refractivity contribution in [3.63, 3.8) is 0 Å². The molecule has 0 saturated carbocycles. The van der Waals surface area contributed by atoms with E-state index in [1.807, 2.05) is 42.2 Å². The van der Waals surface area contributed by atoms with E-state index in [1.165, 1.54) is 10.9 Å². The number of rotatable bonds is 4. The molecule has 2 aromatic carbocycles. The van der Waals surface area contributed by atoms with Crippen molar-refractivity contribution in [1.29, 1.82) is 0 Å². The zero-order chi connectivity index (χ0) is 20.7. The molecule has 1 aliphatic rings. The van der Waals surface area contributed by atoms with Gasteiger partial charge in [0.1, 0.15) is 6.54 Å². The molecule has 0 atom stereocenters. The van der Waals surface area contributed by atoms with Crippen LogP contribution in [0.1, 0.15) is 31.2 Å². The number of aromatic amines is 1. The molecule has 1 amide bonds. The van der Waals surface area contributed by atoms with Crippen molar-refractivity contribution >= 4 is 27.8 Å². The van der Waals surface area contributed by atoms with Crippen LogP contribution in [-0.2, 0) is 17.9 Å². The number of likely N-dealkylation sites (tertiary alicyclic amines) is 1. The first kappa shape index (κ1) is 18.7. The van der Waals surface area contributed by atoms with Gasteiger partial charge < -0.3 is 9.88 Å². The summed E-state index contributed by atoms with van der Waals surface area (Å²) in [4.78, 5) is 31.1. The van der Waals surface area contributed by atoms with Crippen LogP contribution in [0.15, 0.2) is 59.5 Å². The number of imidazole rings is 1. The number of aryl methyl sites for hydroxylation is 1. The summed E-state index contributed by atoms with van der Waals surface area (Å²) >= 11 is 0. The van der Waals surface area contributed by atoms with Crippen LogP contribution in [0.2, 0.25) is 0 Å². The molecule has 1 aliphatic heterocycles. The summed E-state index contributed by atoms with van der Waals surface area (Å²) < 4.78 is 3.35. The first-order chi connectivity index (χ1) is 14.7. The number of carbonyl (C=O) groups excluding carboxylic acids is 1. The molecule has 1 N–H and O–H groups in total. The molecule has 0 aliphatic carbocycles. The summed E-state index contributed by atoms with van der Waals surface area (Å²) in [6, 6.07) is 16.1. The Morgan fingerprint density at radius 2 is 1.67 bits per heavy atom. The number of hydrogen-bond acceptors (Lipinski definition) is 2. The van der Waals surface area contributed by atoms with Gasteiger partial charge in [-0.3, -0.25) is 13.9 Å². The molecule has 3 heterocycles. The van der Waals surface area contributed by atoms with Gasteiger partial charge in [0, 0.05) is 36.7 Å². The van der Waals surface area contributed by atoms with E-state index in [1.54, 1.807) is 9.13 Å². The third-order valence-electron chi connectivity index (χ3n) is 6.44. The third-order valence-corrected chi connectivity index (χ3v) is 6.44. The van der Waals surface area contributed by atoms with Gasteiger partial charge in [-0.15, -0.1) is 0 Å². The van der Waals surface area contributed by atoms with Crippen LogP contribution in [0.25, 0.3) is 21.9 Å². The number of nitrogens with one attached hydrogen (secondary N) is 1. The second-order valence-corrected chi connectivity index (χ2v) is 8.05. The highest BCUT2D eigenvalue weighted by molar-refractivity contribution is 5.84. The molecule has 0 unspecified atom stereocenters. The predicted octanol–water partition coefficient (Wildman–Crippen LogP) is 3.71. The van der Waals surface area contributed by atoms with Gasteiger partial charge in [-0.25, -0.2) is 4.79 Å². The number of amides is 1. The lowest BCUT2D eigenvalue weighted by Crippen LogP contribution is -2.41. The lowest BCUT2D eigenvalue weighted by atomic mass is 9.89. The number of fused-ring (bicyclic) bond motifs is 2. The van der Waals surface area contributed by atoms with Gasteiger partial charge in [-0.2, -0.15) is 0 Å². The monoisotopic (exact) mass is 402 g/mol. The standard InChI is InChI=1S/C24H26N4O2/c1-2-27-21-9-5-6-10-22(21)28(24(27)30)16-23(29)26-13-11-17(12-14-26)19-15-25-20-8-4-3-7-18(19)20/h3-10,15,17,25H,2,11-14,16H2,1H3. The lowest BCUT2D eigenvalue weighted by Gasteiger charge is -2.32. The minimum absolute atomic E-state index is 0.0217. The van der Waals surface area contributed by atoms with E-state index >= 15 is 0 Å². The highest BCUT2D eigenvalue weighted by Crippen LogP contribution is 2.33. The van der Waals surface area contributed by atoms with Crippen LogP contribution >= 0.6 is 0 Å². The van der Waals surface area contributed by atoms with Gasteiger partial charge in [-0.1, -0.05) is 30.3 Å². The quantitative estimate of drug-likeness (QED) is 0.566. The molecular formula is C24H26N4O2. The molecule has 5 rings (SSSR count). The topological polar surface area (TPSA) is 63.0 Å². The molecule has 0 bridgehead atoms. The zero-order valence-electron chi connectivity index (χ0n) is 17.2. The summed E-state index contributed by atoms with van der Waals surface area (Å²) in [5.41, 5.74) is 4.11. The molecule has 1 saturated heterocycles. The van der Waals surface area contributed by atoms with Crippen molar-refractivity contribution in [3.05, 3.63) is 70.8 Å². The molecule has 6 nitrogen and oxygen atoms in total.